The number of carbonyl (C=O) groups is 2. The number of halogens is 1. The fourth-order valence-corrected chi connectivity index (χ4v) is 2.74. The lowest BCUT2D eigenvalue weighted by atomic mass is 9.79. The van der Waals surface area contributed by atoms with Crippen molar-refractivity contribution in [3.05, 3.63) is 29.6 Å². The van der Waals surface area contributed by atoms with E-state index in [9.17, 15) is 14.0 Å². The zero-order valence-electron chi connectivity index (χ0n) is 15.6. The van der Waals surface area contributed by atoms with Gasteiger partial charge in [-0.1, -0.05) is 13.0 Å². The van der Waals surface area contributed by atoms with Crippen molar-refractivity contribution in [2.24, 2.45) is 5.41 Å². The van der Waals surface area contributed by atoms with E-state index in [2.05, 4.69) is 5.32 Å². The molecule has 1 aliphatic rings. The molecule has 25 heavy (non-hydrogen) atoms. The Balaban J connectivity index is 1.98. The SMILES string of the molecule is Cc1ccc(F)cc1NC(=O)C1(C)CCN(C(=O)OC(C)(C)C)CC1. The molecule has 0 aliphatic carbocycles. The lowest BCUT2D eigenvalue weighted by Crippen LogP contribution is -2.48. The summed E-state index contributed by atoms with van der Waals surface area (Å²) in [5.74, 6) is -0.532. The molecular formula is C19H27FN2O3. The molecule has 0 aromatic heterocycles. The standard InChI is InChI=1S/C19H27FN2O3/c1-13-6-7-14(20)12-15(13)21-16(23)19(5)8-10-22(11-9-19)17(24)25-18(2,3)4/h6-7,12H,8-11H2,1-5H3,(H,21,23). The molecule has 138 valence electrons. The fraction of sp³-hybridized carbons (Fsp3) is 0.579. The van der Waals surface area contributed by atoms with Crippen LogP contribution in [-0.2, 0) is 9.53 Å². The summed E-state index contributed by atoms with van der Waals surface area (Å²) in [6, 6.07) is 4.33. The number of nitrogens with zero attached hydrogens (tertiary/aromatic N) is 1. The average Bonchev–Trinajstić information content (AvgIpc) is 2.49. The smallest absolute Gasteiger partial charge is 0.410 e. The van der Waals surface area contributed by atoms with Gasteiger partial charge in [-0.2, -0.15) is 0 Å². The molecule has 5 nitrogen and oxygen atoms in total. The first-order chi connectivity index (χ1) is 11.5. The average molecular weight is 350 g/mol. The van der Waals surface area contributed by atoms with E-state index in [4.69, 9.17) is 4.74 Å². The Bertz CT molecular complexity index is 659. The van der Waals surface area contributed by atoms with Crippen molar-refractivity contribution < 1.29 is 18.7 Å². The highest BCUT2D eigenvalue weighted by Crippen LogP contribution is 2.33. The van der Waals surface area contributed by atoms with Crippen LogP contribution < -0.4 is 5.32 Å². The Kier molecular flexibility index (Phi) is 5.40. The highest BCUT2D eigenvalue weighted by atomic mass is 19.1. The Morgan fingerprint density at radius 2 is 1.84 bits per heavy atom. The molecule has 0 radical (unpaired) electrons. The number of benzene rings is 1. The molecule has 0 unspecified atom stereocenters. The molecule has 2 amide bonds. The van der Waals surface area contributed by atoms with Gasteiger partial charge in [0.2, 0.25) is 5.91 Å². The predicted octanol–water partition coefficient (Wildman–Crippen LogP) is 4.11. The van der Waals surface area contributed by atoms with Crippen LogP contribution in [0.5, 0.6) is 0 Å². The van der Waals surface area contributed by atoms with E-state index in [1.165, 1.54) is 12.1 Å². The van der Waals surface area contributed by atoms with Gasteiger partial charge in [0.1, 0.15) is 11.4 Å². The number of amides is 2. The van der Waals surface area contributed by atoms with Crippen LogP contribution in [0.1, 0.15) is 46.1 Å². The van der Waals surface area contributed by atoms with Crippen LogP contribution in [0, 0.1) is 18.2 Å². The van der Waals surface area contributed by atoms with Crippen molar-refractivity contribution in [3.8, 4) is 0 Å². The minimum Gasteiger partial charge on any atom is -0.444 e. The van der Waals surface area contributed by atoms with E-state index in [0.717, 1.165) is 5.56 Å². The number of hydrogen-bond acceptors (Lipinski definition) is 3. The van der Waals surface area contributed by atoms with Crippen LogP contribution in [0.4, 0.5) is 14.9 Å². The van der Waals surface area contributed by atoms with E-state index in [1.807, 2.05) is 34.6 Å². The number of piperidine rings is 1. The van der Waals surface area contributed by atoms with Crippen molar-refractivity contribution in [1.29, 1.82) is 0 Å². The molecule has 1 saturated heterocycles. The number of ether oxygens (including phenoxy) is 1. The molecule has 1 aromatic rings. The molecule has 1 heterocycles. The second-order valence-electron chi connectivity index (χ2n) is 7.94. The number of hydrogen-bond donors (Lipinski definition) is 1. The number of aryl methyl sites for hydroxylation is 1. The van der Waals surface area contributed by atoms with Gasteiger partial charge in [0, 0.05) is 18.8 Å². The van der Waals surface area contributed by atoms with Gasteiger partial charge < -0.3 is 15.0 Å². The predicted molar refractivity (Wildman–Crippen MR) is 94.9 cm³/mol. The van der Waals surface area contributed by atoms with Crippen molar-refractivity contribution in [2.75, 3.05) is 18.4 Å². The zero-order valence-corrected chi connectivity index (χ0v) is 15.6. The Morgan fingerprint density at radius 3 is 2.40 bits per heavy atom. The molecule has 1 fully saturated rings. The van der Waals surface area contributed by atoms with E-state index in [1.54, 1.807) is 11.0 Å². The fourth-order valence-electron chi connectivity index (χ4n) is 2.74. The van der Waals surface area contributed by atoms with E-state index >= 15 is 0 Å². The number of rotatable bonds is 2. The molecule has 6 heteroatoms. The van der Waals surface area contributed by atoms with Crippen LogP contribution in [0.2, 0.25) is 0 Å². The summed E-state index contributed by atoms with van der Waals surface area (Å²) < 4.78 is 18.8. The summed E-state index contributed by atoms with van der Waals surface area (Å²) in [5.41, 5.74) is 0.159. The summed E-state index contributed by atoms with van der Waals surface area (Å²) in [7, 11) is 0. The molecule has 1 aliphatic heterocycles. The second-order valence-corrected chi connectivity index (χ2v) is 7.94. The van der Waals surface area contributed by atoms with E-state index in [-0.39, 0.29) is 17.8 Å². The third-order valence-electron chi connectivity index (χ3n) is 4.51. The van der Waals surface area contributed by atoms with Gasteiger partial charge >= 0.3 is 6.09 Å². The maximum atomic E-state index is 13.4. The molecule has 1 N–H and O–H groups in total. The number of nitrogens with one attached hydrogen (secondary N) is 1. The van der Waals surface area contributed by atoms with Gasteiger partial charge in [0.05, 0.1) is 5.41 Å². The van der Waals surface area contributed by atoms with Crippen LogP contribution in [0.15, 0.2) is 18.2 Å². The van der Waals surface area contributed by atoms with Crippen LogP contribution in [0.3, 0.4) is 0 Å². The summed E-state index contributed by atoms with van der Waals surface area (Å²) in [5, 5.41) is 2.83. The molecule has 0 saturated carbocycles. The lowest BCUT2D eigenvalue weighted by Gasteiger charge is -2.38. The largest absolute Gasteiger partial charge is 0.444 e. The first kappa shape index (κ1) is 19.2. The van der Waals surface area contributed by atoms with Gasteiger partial charge in [-0.05, 0) is 58.2 Å². The van der Waals surface area contributed by atoms with Crippen molar-refractivity contribution in [2.45, 2.75) is 53.1 Å². The minimum atomic E-state index is -0.600. The van der Waals surface area contributed by atoms with Gasteiger partial charge in [-0.3, -0.25) is 4.79 Å². The van der Waals surface area contributed by atoms with Gasteiger partial charge in [0.25, 0.3) is 0 Å². The van der Waals surface area contributed by atoms with Crippen LogP contribution >= 0.6 is 0 Å². The lowest BCUT2D eigenvalue weighted by molar-refractivity contribution is -0.127. The molecule has 0 atom stereocenters. The monoisotopic (exact) mass is 350 g/mol. The minimum absolute atomic E-state index is 0.148. The van der Waals surface area contributed by atoms with Crippen molar-refractivity contribution in [3.63, 3.8) is 0 Å². The first-order valence-corrected chi connectivity index (χ1v) is 8.56. The van der Waals surface area contributed by atoms with Crippen LogP contribution in [0.25, 0.3) is 0 Å². The van der Waals surface area contributed by atoms with E-state index in [0.29, 0.717) is 31.6 Å². The third kappa shape index (κ3) is 4.94. The normalized spacial score (nSPS) is 17.1. The quantitative estimate of drug-likeness (QED) is 0.873. The maximum absolute atomic E-state index is 13.4. The summed E-state index contributed by atoms with van der Waals surface area (Å²) in [4.78, 5) is 26.5. The molecule has 1 aromatic carbocycles. The topological polar surface area (TPSA) is 58.6 Å². The van der Waals surface area contributed by atoms with Crippen LogP contribution in [-0.4, -0.2) is 35.6 Å². The number of carbonyl (C=O) groups excluding carboxylic acids is 2. The Hall–Kier alpha value is -2.11. The second kappa shape index (κ2) is 7.02. The summed E-state index contributed by atoms with van der Waals surface area (Å²) in [6.07, 6.45) is 0.717. The van der Waals surface area contributed by atoms with Gasteiger partial charge in [-0.15, -0.1) is 0 Å². The first-order valence-electron chi connectivity index (χ1n) is 8.56. The van der Waals surface area contributed by atoms with Crippen molar-refractivity contribution >= 4 is 17.7 Å². The third-order valence-corrected chi connectivity index (χ3v) is 4.51. The zero-order chi connectivity index (χ0) is 18.8. The Labute approximate surface area is 148 Å². The molecule has 0 bridgehead atoms. The van der Waals surface area contributed by atoms with Crippen molar-refractivity contribution in [1.82, 2.24) is 4.90 Å². The van der Waals surface area contributed by atoms with Gasteiger partial charge in [-0.25, -0.2) is 9.18 Å². The van der Waals surface area contributed by atoms with Gasteiger partial charge in [0.15, 0.2) is 0 Å². The van der Waals surface area contributed by atoms with E-state index < -0.39 is 11.0 Å². The highest BCUT2D eigenvalue weighted by molar-refractivity contribution is 5.95. The summed E-state index contributed by atoms with van der Waals surface area (Å²) >= 11 is 0. The number of likely N-dealkylation sites (tertiary alicyclic amines) is 1. The Morgan fingerprint density at radius 1 is 1.24 bits per heavy atom. The molecule has 2 rings (SSSR count). The summed E-state index contributed by atoms with van der Waals surface area (Å²) in [6.45, 7) is 10.1. The molecular weight excluding hydrogens is 323 g/mol. The molecule has 0 spiro atoms. The highest BCUT2D eigenvalue weighted by Gasteiger charge is 2.39. The number of anilines is 1. The maximum Gasteiger partial charge on any atom is 0.410 e.